The zero-order valence-corrected chi connectivity index (χ0v) is 5.98. The molecule has 0 aliphatic carbocycles. The van der Waals surface area contributed by atoms with E-state index in [4.69, 9.17) is 0 Å². The van der Waals surface area contributed by atoms with E-state index < -0.39 is 0 Å². The molecule has 52 valence electrons. The number of ketones is 1. The van der Waals surface area contributed by atoms with Crippen molar-refractivity contribution in [2.24, 2.45) is 0 Å². The summed E-state index contributed by atoms with van der Waals surface area (Å²) in [6, 6.07) is 0.369. The van der Waals surface area contributed by atoms with Crippen molar-refractivity contribution < 1.29 is 4.79 Å². The zero-order valence-electron chi connectivity index (χ0n) is 5.98. The first-order valence-corrected chi connectivity index (χ1v) is 3.05. The summed E-state index contributed by atoms with van der Waals surface area (Å²) in [5.41, 5.74) is 0. The molecule has 0 amide bonds. The lowest BCUT2D eigenvalue weighted by Crippen LogP contribution is -2.28. The van der Waals surface area contributed by atoms with Crippen LogP contribution in [0.3, 0.4) is 0 Å². The summed E-state index contributed by atoms with van der Waals surface area (Å²) in [5.74, 6) is 0.0451. The minimum absolute atomic E-state index is 0.0451. The van der Waals surface area contributed by atoms with Crippen molar-refractivity contribution in [2.45, 2.75) is 19.9 Å². The standard InChI is InChI=1S/C7H13NO/c1-4-7(9)5-8-6(2)3/h4,6,8H,1,5H2,2-3H3. The molecule has 0 aliphatic rings. The molecule has 2 heteroatoms. The van der Waals surface area contributed by atoms with Gasteiger partial charge in [-0.25, -0.2) is 0 Å². The van der Waals surface area contributed by atoms with Crippen LogP contribution in [0.15, 0.2) is 12.7 Å². The predicted molar refractivity (Wildman–Crippen MR) is 38.3 cm³/mol. The fourth-order valence-electron chi connectivity index (χ4n) is 0.377. The summed E-state index contributed by atoms with van der Waals surface area (Å²) in [6.07, 6.45) is 1.33. The summed E-state index contributed by atoms with van der Waals surface area (Å²) in [5, 5.41) is 2.98. The summed E-state index contributed by atoms with van der Waals surface area (Å²) in [6.45, 7) is 7.75. The molecule has 0 saturated carbocycles. The second-order valence-electron chi connectivity index (χ2n) is 2.21. The lowest BCUT2D eigenvalue weighted by molar-refractivity contribution is -0.113. The lowest BCUT2D eigenvalue weighted by Gasteiger charge is -2.03. The Morgan fingerprint density at radius 3 is 2.67 bits per heavy atom. The van der Waals surface area contributed by atoms with Gasteiger partial charge in [0.1, 0.15) is 0 Å². The van der Waals surface area contributed by atoms with Crippen LogP contribution in [0.2, 0.25) is 0 Å². The van der Waals surface area contributed by atoms with E-state index in [0.717, 1.165) is 0 Å². The average molecular weight is 127 g/mol. The van der Waals surface area contributed by atoms with Crippen molar-refractivity contribution in [3.63, 3.8) is 0 Å². The number of hydrogen-bond acceptors (Lipinski definition) is 2. The highest BCUT2D eigenvalue weighted by Gasteiger charge is 1.95. The maximum absolute atomic E-state index is 10.5. The fourth-order valence-corrected chi connectivity index (χ4v) is 0.377. The Morgan fingerprint density at radius 1 is 1.78 bits per heavy atom. The van der Waals surface area contributed by atoms with Crippen LogP contribution in [0, 0.1) is 0 Å². The Kier molecular flexibility index (Phi) is 3.97. The van der Waals surface area contributed by atoms with Gasteiger partial charge in [0, 0.05) is 6.04 Å². The highest BCUT2D eigenvalue weighted by Crippen LogP contribution is 1.76. The molecule has 0 atom stereocenters. The summed E-state index contributed by atoms with van der Waals surface area (Å²) in [7, 11) is 0. The van der Waals surface area contributed by atoms with E-state index >= 15 is 0 Å². The molecule has 1 N–H and O–H groups in total. The maximum Gasteiger partial charge on any atom is 0.168 e. The molecule has 2 nitrogen and oxygen atoms in total. The van der Waals surface area contributed by atoms with Gasteiger partial charge in [-0.15, -0.1) is 0 Å². The van der Waals surface area contributed by atoms with E-state index in [1.165, 1.54) is 6.08 Å². The van der Waals surface area contributed by atoms with Crippen molar-refractivity contribution in [1.82, 2.24) is 5.32 Å². The van der Waals surface area contributed by atoms with Gasteiger partial charge in [-0.1, -0.05) is 20.4 Å². The summed E-state index contributed by atoms with van der Waals surface area (Å²) < 4.78 is 0. The Balaban J connectivity index is 3.27. The van der Waals surface area contributed by atoms with E-state index in [1.54, 1.807) is 0 Å². The van der Waals surface area contributed by atoms with Gasteiger partial charge in [-0.3, -0.25) is 4.79 Å². The largest absolute Gasteiger partial charge is 0.307 e. The van der Waals surface area contributed by atoms with Crippen LogP contribution >= 0.6 is 0 Å². The highest BCUT2D eigenvalue weighted by molar-refractivity contribution is 5.90. The van der Waals surface area contributed by atoms with Crippen LogP contribution < -0.4 is 5.32 Å². The van der Waals surface area contributed by atoms with E-state index in [1.807, 2.05) is 13.8 Å². The van der Waals surface area contributed by atoms with Crippen molar-refractivity contribution in [3.05, 3.63) is 12.7 Å². The number of hydrogen-bond donors (Lipinski definition) is 1. The smallest absolute Gasteiger partial charge is 0.168 e. The molecule has 0 rings (SSSR count). The Bertz CT molecular complexity index is 107. The Morgan fingerprint density at radius 2 is 2.33 bits per heavy atom. The van der Waals surface area contributed by atoms with E-state index in [0.29, 0.717) is 12.6 Å². The molecule has 0 aromatic heterocycles. The van der Waals surface area contributed by atoms with Gasteiger partial charge in [0.15, 0.2) is 5.78 Å². The minimum Gasteiger partial charge on any atom is -0.307 e. The maximum atomic E-state index is 10.5. The van der Waals surface area contributed by atoms with Crippen LogP contribution in [0.4, 0.5) is 0 Å². The second-order valence-corrected chi connectivity index (χ2v) is 2.21. The van der Waals surface area contributed by atoms with E-state index in [9.17, 15) is 4.79 Å². The third-order valence-electron chi connectivity index (χ3n) is 0.912. The van der Waals surface area contributed by atoms with Gasteiger partial charge in [-0.2, -0.15) is 0 Å². The zero-order chi connectivity index (χ0) is 7.28. The average Bonchev–Trinajstić information content (AvgIpc) is 1.83. The van der Waals surface area contributed by atoms with Gasteiger partial charge in [0.2, 0.25) is 0 Å². The van der Waals surface area contributed by atoms with Crippen molar-refractivity contribution in [3.8, 4) is 0 Å². The molecule has 0 spiro atoms. The SMILES string of the molecule is C=CC(=O)CNC(C)C. The lowest BCUT2D eigenvalue weighted by atomic mass is 10.3. The van der Waals surface area contributed by atoms with Gasteiger partial charge in [0.25, 0.3) is 0 Å². The number of carbonyl (C=O) groups is 1. The number of carbonyl (C=O) groups excluding carboxylic acids is 1. The third-order valence-corrected chi connectivity index (χ3v) is 0.912. The molecular weight excluding hydrogens is 114 g/mol. The first-order valence-electron chi connectivity index (χ1n) is 3.05. The van der Waals surface area contributed by atoms with Crippen molar-refractivity contribution >= 4 is 5.78 Å². The van der Waals surface area contributed by atoms with E-state index in [2.05, 4.69) is 11.9 Å². The quantitative estimate of drug-likeness (QED) is 0.564. The monoisotopic (exact) mass is 127 g/mol. The molecule has 0 saturated heterocycles. The number of rotatable bonds is 4. The summed E-state index contributed by atoms with van der Waals surface area (Å²) in [4.78, 5) is 10.5. The third kappa shape index (κ3) is 5.24. The molecule has 0 unspecified atom stereocenters. The van der Waals surface area contributed by atoms with Crippen LogP contribution in [0.25, 0.3) is 0 Å². The first-order chi connectivity index (χ1) is 4.16. The fraction of sp³-hybridized carbons (Fsp3) is 0.571. The number of nitrogens with one attached hydrogen (secondary N) is 1. The van der Waals surface area contributed by atoms with Crippen LogP contribution in [0.5, 0.6) is 0 Å². The minimum atomic E-state index is 0.0451. The predicted octanol–water partition coefficient (Wildman–Crippen LogP) is 0.739. The molecule has 0 aromatic rings. The van der Waals surface area contributed by atoms with Gasteiger partial charge in [0.05, 0.1) is 6.54 Å². The second kappa shape index (κ2) is 4.27. The van der Waals surface area contributed by atoms with Gasteiger partial charge < -0.3 is 5.32 Å². The van der Waals surface area contributed by atoms with Crippen LogP contribution in [0.1, 0.15) is 13.8 Å². The molecule has 0 bridgehead atoms. The molecule has 0 aromatic carbocycles. The Labute approximate surface area is 56.0 Å². The van der Waals surface area contributed by atoms with E-state index in [-0.39, 0.29) is 5.78 Å². The van der Waals surface area contributed by atoms with Gasteiger partial charge in [-0.05, 0) is 6.08 Å². The van der Waals surface area contributed by atoms with Crippen molar-refractivity contribution in [1.29, 1.82) is 0 Å². The first kappa shape index (κ1) is 8.37. The Hall–Kier alpha value is -0.630. The van der Waals surface area contributed by atoms with Crippen LogP contribution in [-0.4, -0.2) is 18.4 Å². The summed E-state index contributed by atoms with van der Waals surface area (Å²) >= 11 is 0. The molecule has 0 heterocycles. The highest BCUT2D eigenvalue weighted by atomic mass is 16.1. The molecular formula is C7H13NO. The van der Waals surface area contributed by atoms with Crippen LogP contribution in [-0.2, 0) is 4.79 Å². The molecule has 0 aliphatic heterocycles. The van der Waals surface area contributed by atoms with Gasteiger partial charge >= 0.3 is 0 Å². The normalized spacial score (nSPS) is 9.67. The molecule has 9 heavy (non-hydrogen) atoms. The topological polar surface area (TPSA) is 29.1 Å². The molecule has 0 fully saturated rings. The molecule has 0 radical (unpaired) electrons. The van der Waals surface area contributed by atoms with Crippen molar-refractivity contribution in [2.75, 3.05) is 6.54 Å².